The van der Waals surface area contributed by atoms with Crippen LogP contribution in [-0.4, -0.2) is 34.2 Å². The van der Waals surface area contributed by atoms with Crippen molar-refractivity contribution < 1.29 is 5.11 Å². The monoisotopic (exact) mass is 180 g/mol. The molecule has 0 radical (unpaired) electrons. The molecular formula is C10H16N2O. The van der Waals surface area contributed by atoms with Gasteiger partial charge in [-0.3, -0.25) is 4.90 Å². The minimum atomic E-state index is -0.118. The van der Waals surface area contributed by atoms with Crippen molar-refractivity contribution in [3.63, 3.8) is 0 Å². The largest absolute Gasteiger partial charge is 0.392 e. The molecule has 1 fully saturated rings. The molecule has 3 heteroatoms. The lowest BCUT2D eigenvalue weighted by Crippen LogP contribution is -2.37. The Morgan fingerprint density at radius 3 is 3.23 bits per heavy atom. The molecule has 0 amide bonds. The van der Waals surface area contributed by atoms with E-state index in [2.05, 4.69) is 16.0 Å². The Kier molecular flexibility index (Phi) is 2.66. The number of hydrogen-bond donors (Lipinski definition) is 2. The SMILES string of the molecule is OC1CCCN(Cc2cc[nH]c2)C1. The Labute approximate surface area is 78.4 Å². The molecule has 2 N–H and O–H groups in total. The van der Waals surface area contributed by atoms with Gasteiger partial charge >= 0.3 is 0 Å². The van der Waals surface area contributed by atoms with Crippen LogP contribution in [0.2, 0.25) is 0 Å². The molecule has 3 nitrogen and oxygen atoms in total. The second kappa shape index (κ2) is 3.94. The van der Waals surface area contributed by atoms with Gasteiger partial charge < -0.3 is 10.1 Å². The third-order valence-electron chi connectivity index (χ3n) is 2.55. The molecule has 1 aromatic heterocycles. The molecule has 0 bridgehead atoms. The Balaban J connectivity index is 1.87. The Bertz CT molecular complexity index is 245. The van der Waals surface area contributed by atoms with Crippen LogP contribution in [0.4, 0.5) is 0 Å². The van der Waals surface area contributed by atoms with E-state index in [0.29, 0.717) is 0 Å². The maximum absolute atomic E-state index is 9.46. The van der Waals surface area contributed by atoms with Crippen LogP contribution < -0.4 is 0 Å². The average Bonchev–Trinajstić information content (AvgIpc) is 2.57. The number of nitrogens with one attached hydrogen (secondary N) is 1. The number of piperidine rings is 1. The smallest absolute Gasteiger partial charge is 0.0667 e. The van der Waals surface area contributed by atoms with E-state index in [1.807, 2.05) is 12.4 Å². The molecule has 1 aromatic rings. The van der Waals surface area contributed by atoms with Crippen LogP contribution in [0.5, 0.6) is 0 Å². The molecule has 1 unspecified atom stereocenters. The highest BCUT2D eigenvalue weighted by atomic mass is 16.3. The number of likely N-dealkylation sites (tertiary alicyclic amines) is 1. The van der Waals surface area contributed by atoms with Crippen molar-refractivity contribution >= 4 is 0 Å². The number of nitrogens with zero attached hydrogens (tertiary/aromatic N) is 1. The molecule has 0 saturated carbocycles. The van der Waals surface area contributed by atoms with Gasteiger partial charge in [-0.1, -0.05) is 0 Å². The number of aliphatic hydroxyl groups is 1. The van der Waals surface area contributed by atoms with Gasteiger partial charge in [0.25, 0.3) is 0 Å². The lowest BCUT2D eigenvalue weighted by Gasteiger charge is -2.29. The lowest BCUT2D eigenvalue weighted by molar-refractivity contribution is 0.0668. The van der Waals surface area contributed by atoms with E-state index in [4.69, 9.17) is 0 Å². The van der Waals surface area contributed by atoms with Gasteiger partial charge in [-0.2, -0.15) is 0 Å². The molecule has 0 aliphatic carbocycles. The van der Waals surface area contributed by atoms with E-state index in [9.17, 15) is 5.11 Å². The standard InChI is InChI=1S/C10H16N2O/c13-10-2-1-5-12(8-10)7-9-3-4-11-6-9/h3-4,6,10-11,13H,1-2,5,7-8H2. The number of β-amino-alcohol motifs (C(OH)–C–C–N with tert-alkyl or cyclic N) is 1. The molecule has 1 saturated heterocycles. The van der Waals surface area contributed by atoms with E-state index in [0.717, 1.165) is 32.5 Å². The summed E-state index contributed by atoms with van der Waals surface area (Å²) in [7, 11) is 0. The summed E-state index contributed by atoms with van der Waals surface area (Å²) in [6.07, 6.45) is 5.92. The number of aromatic amines is 1. The predicted molar refractivity (Wildman–Crippen MR) is 51.3 cm³/mol. The highest BCUT2D eigenvalue weighted by Crippen LogP contribution is 2.12. The van der Waals surface area contributed by atoms with Crippen LogP contribution in [0.25, 0.3) is 0 Å². The molecule has 0 spiro atoms. The maximum Gasteiger partial charge on any atom is 0.0667 e. The van der Waals surface area contributed by atoms with Crippen molar-refractivity contribution in [2.75, 3.05) is 13.1 Å². The molecule has 2 rings (SSSR count). The van der Waals surface area contributed by atoms with Crippen molar-refractivity contribution in [1.82, 2.24) is 9.88 Å². The van der Waals surface area contributed by atoms with Crippen LogP contribution in [0, 0.1) is 0 Å². The van der Waals surface area contributed by atoms with Gasteiger partial charge in [-0.05, 0) is 31.0 Å². The average molecular weight is 180 g/mol. The third-order valence-corrected chi connectivity index (χ3v) is 2.55. The molecule has 72 valence electrons. The van der Waals surface area contributed by atoms with E-state index < -0.39 is 0 Å². The second-order valence-corrected chi connectivity index (χ2v) is 3.75. The fourth-order valence-electron chi connectivity index (χ4n) is 1.89. The van der Waals surface area contributed by atoms with E-state index in [1.54, 1.807) is 0 Å². The lowest BCUT2D eigenvalue weighted by atomic mass is 10.1. The van der Waals surface area contributed by atoms with Crippen LogP contribution >= 0.6 is 0 Å². The summed E-state index contributed by atoms with van der Waals surface area (Å²) < 4.78 is 0. The summed E-state index contributed by atoms with van der Waals surface area (Å²) in [5, 5.41) is 9.46. The number of H-pyrrole nitrogens is 1. The molecule has 2 heterocycles. The van der Waals surface area contributed by atoms with Crippen molar-refractivity contribution in [2.24, 2.45) is 0 Å². The first kappa shape index (κ1) is 8.78. The van der Waals surface area contributed by atoms with Gasteiger partial charge in [0.05, 0.1) is 6.10 Å². The summed E-state index contributed by atoms with van der Waals surface area (Å²) in [5.74, 6) is 0. The predicted octanol–water partition coefficient (Wildman–Crippen LogP) is 0.971. The van der Waals surface area contributed by atoms with Crippen LogP contribution in [0.1, 0.15) is 18.4 Å². The quantitative estimate of drug-likeness (QED) is 0.712. The molecule has 1 aliphatic rings. The first-order chi connectivity index (χ1) is 6.34. The molecule has 1 atom stereocenters. The van der Waals surface area contributed by atoms with Crippen LogP contribution in [0.3, 0.4) is 0 Å². The third kappa shape index (κ3) is 2.32. The fraction of sp³-hybridized carbons (Fsp3) is 0.600. The first-order valence-electron chi connectivity index (χ1n) is 4.86. The van der Waals surface area contributed by atoms with Crippen LogP contribution in [0.15, 0.2) is 18.5 Å². The van der Waals surface area contributed by atoms with Gasteiger partial charge in [0.15, 0.2) is 0 Å². The summed E-state index contributed by atoms with van der Waals surface area (Å²) in [6.45, 7) is 2.90. The zero-order chi connectivity index (χ0) is 9.10. The highest BCUT2D eigenvalue weighted by Gasteiger charge is 2.17. The van der Waals surface area contributed by atoms with Gasteiger partial charge in [0.1, 0.15) is 0 Å². The normalized spacial score (nSPS) is 24.8. The van der Waals surface area contributed by atoms with Gasteiger partial charge in [-0.25, -0.2) is 0 Å². The maximum atomic E-state index is 9.46. The molecular weight excluding hydrogens is 164 g/mol. The van der Waals surface area contributed by atoms with Gasteiger partial charge in [0, 0.05) is 25.5 Å². The summed E-state index contributed by atoms with van der Waals surface area (Å²) in [6, 6.07) is 2.08. The zero-order valence-corrected chi connectivity index (χ0v) is 7.74. The number of aliphatic hydroxyl groups excluding tert-OH is 1. The number of rotatable bonds is 2. The molecule has 0 aromatic carbocycles. The summed E-state index contributed by atoms with van der Waals surface area (Å²) in [4.78, 5) is 5.34. The molecule has 13 heavy (non-hydrogen) atoms. The fourth-order valence-corrected chi connectivity index (χ4v) is 1.89. The van der Waals surface area contributed by atoms with Crippen LogP contribution in [-0.2, 0) is 6.54 Å². The minimum absolute atomic E-state index is 0.118. The van der Waals surface area contributed by atoms with Crippen molar-refractivity contribution in [3.05, 3.63) is 24.0 Å². The summed E-state index contributed by atoms with van der Waals surface area (Å²) >= 11 is 0. The number of aromatic nitrogens is 1. The van der Waals surface area contributed by atoms with Crippen molar-refractivity contribution in [1.29, 1.82) is 0 Å². The topological polar surface area (TPSA) is 39.3 Å². The minimum Gasteiger partial charge on any atom is -0.392 e. The Morgan fingerprint density at radius 2 is 2.54 bits per heavy atom. The van der Waals surface area contributed by atoms with E-state index in [-0.39, 0.29) is 6.10 Å². The Hall–Kier alpha value is -0.800. The summed E-state index contributed by atoms with van der Waals surface area (Å²) in [5.41, 5.74) is 1.30. The first-order valence-corrected chi connectivity index (χ1v) is 4.86. The number of hydrogen-bond acceptors (Lipinski definition) is 2. The highest BCUT2D eigenvalue weighted by molar-refractivity contribution is 5.08. The van der Waals surface area contributed by atoms with Gasteiger partial charge in [-0.15, -0.1) is 0 Å². The second-order valence-electron chi connectivity index (χ2n) is 3.75. The van der Waals surface area contributed by atoms with Crippen molar-refractivity contribution in [2.45, 2.75) is 25.5 Å². The van der Waals surface area contributed by atoms with E-state index >= 15 is 0 Å². The zero-order valence-electron chi connectivity index (χ0n) is 7.74. The Morgan fingerprint density at radius 1 is 1.62 bits per heavy atom. The van der Waals surface area contributed by atoms with Gasteiger partial charge in [0.2, 0.25) is 0 Å². The van der Waals surface area contributed by atoms with E-state index in [1.165, 1.54) is 5.56 Å². The van der Waals surface area contributed by atoms with Crippen molar-refractivity contribution in [3.8, 4) is 0 Å². The molecule has 1 aliphatic heterocycles.